The fourth-order valence-electron chi connectivity index (χ4n) is 2.52. The van der Waals surface area contributed by atoms with Crippen LogP contribution in [-0.4, -0.2) is 46.4 Å². The average Bonchev–Trinajstić information content (AvgIpc) is 2.60. The topological polar surface area (TPSA) is 78.5 Å². The summed E-state index contributed by atoms with van der Waals surface area (Å²) in [6.07, 6.45) is 0. The Bertz CT molecular complexity index is 901. The molecule has 0 aromatic heterocycles. The van der Waals surface area contributed by atoms with Gasteiger partial charge in [0.25, 0.3) is 15.9 Å². The van der Waals surface area contributed by atoms with E-state index in [1.807, 2.05) is 20.0 Å². The van der Waals surface area contributed by atoms with Gasteiger partial charge in [-0.2, -0.15) is 0 Å². The van der Waals surface area contributed by atoms with Crippen molar-refractivity contribution in [2.75, 3.05) is 31.9 Å². The summed E-state index contributed by atoms with van der Waals surface area (Å²) in [4.78, 5) is 14.3. The Labute approximate surface area is 167 Å². The lowest BCUT2D eigenvalue weighted by atomic mass is 10.2. The van der Waals surface area contributed by atoms with Crippen LogP contribution in [0.1, 0.15) is 21.5 Å². The molecule has 0 aliphatic heterocycles. The van der Waals surface area contributed by atoms with Crippen LogP contribution in [0.25, 0.3) is 0 Å². The largest absolute Gasteiger partial charge is 0.340 e. The van der Waals surface area contributed by atoms with Crippen LogP contribution in [0.2, 0.25) is 0 Å². The van der Waals surface area contributed by atoms with Crippen molar-refractivity contribution in [1.82, 2.24) is 10.2 Å². The summed E-state index contributed by atoms with van der Waals surface area (Å²) in [6, 6.07) is 11.8. The number of anilines is 1. The van der Waals surface area contributed by atoms with Gasteiger partial charge < -0.3 is 10.2 Å². The molecule has 2 N–H and O–H groups in total. The van der Waals surface area contributed by atoms with Crippen molar-refractivity contribution in [2.45, 2.75) is 18.7 Å². The van der Waals surface area contributed by atoms with E-state index in [4.69, 9.17) is 0 Å². The Morgan fingerprint density at radius 1 is 1.11 bits per heavy atom. The van der Waals surface area contributed by atoms with Crippen molar-refractivity contribution < 1.29 is 13.2 Å². The highest BCUT2D eigenvalue weighted by atomic mass is 35.5. The summed E-state index contributed by atoms with van der Waals surface area (Å²) < 4.78 is 28.0. The molecule has 0 spiro atoms. The Morgan fingerprint density at radius 2 is 1.81 bits per heavy atom. The van der Waals surface area contributed by atoms with E-state index in [2.05, 4.69) is 10.0 Å². The van der Waals surface area contributed by atoms with Gasteiger partial charge in [-0.15, -0.1) is 12.4 Å². The van der Waals surface area contributed by atoms with Crippen LogP contribution in [0.4, 0.5) is 5.69 Å². The van der Waals surface area contributed by atoms with Crippen molar-refractivity contribution in [2.24, 2.45) is 0 Å². The second kappa shape index (κ2) is 9.73. The maximum Gasteiger partial charge on any atom is 0.262 e. The van der Waals surface area contributed by atoms with E-state index in [-0.39, 0.29) is 23.2 Å². The molecule has 148 valence electrons. The number of sulfonamides is 1. The third kappa shape index (κ3) is 5.95. The minimum absolute atomic E-state index is 0. The molecule has 27 heavy (non-hydrogen) atoms. The number of hydrogen-bond acceptors (Lipinski definition) is 4. The van der Waals surface area contributed by atoms with Crippen molar-refractivity contribution in [1.29, 1.82) is 0 Å². The fourth-order valence-corrected chi connectivity index (χ4v) is 3.90. The molecule has 8 heteroatoms. The van der Waals surface area contributed by atoms with Gasteiger partial charge in [0.1, 0.15) is 0 Å². The fraction of sp³-hybridized carbons (Fsp3) is 0.316. The van der Waals surface area contributed by atoms with Crippen molar-refractivity contribution in [3.05, 3.63) is 59.2 Å². The second-order valence-corrected chi connectivity index (χ2v) is 7.94. The maximum atomic E-state index is 12.7. The zero-order valence-electron chi connectivity index (χ0n) is 15.9. The van der Waals surface area contributed by atoms with Crippen LogP contribution in [0, 0.1) is 13.8 Å². The van der Waals surface area contributed by atoms with Gasteiger partial charge >= 0.3 is 0 Å². The molecule has 0 aliphatic carbocycles. The number of hydrogen-bond donors (Lipinski definition) is 2. The summed E-state index contributed by atoms with van der Waals surface area (Å²) in [5, 5.41) is 2.99. The lowest BCUT2D eigenvalue weighted by Gasteiger charge is -2.17. The van der Waals surface area contributed by atoms with E-state index in [1.165, 1.54) is 0 Å². The quantitative estimate of drug-likeness (QED) is 0.734. The van der Waals surface area contributed by atoms with E-state index in [0.717, 1.165) is 5.56 Å². The molecule has 1 amide bonds. The van der Waals surface area contributed by atoms with Gasteiger partial charge in [-0.05, 0) is 56.3 Å². The zero-order valence-corrected chi connectivity index (χ0v) is 17.6. The Morgan fingerprint density at radius 3 is 2.48 bits per heavy atom. The predicted octanol–water partition coefficient (Wildman–Crippen LogP) is 2.82. The molecule has 0 saturated carbocycles. The Kier molecular flexibility index (Phi) is 8.27. The molecule has 0 atom stereocenters. The molecule has 2 aromatic rings. The number of carbonyl (C=O) groups excluding carboxylic acids is 1. The van der Waals surface area contributed by atoms with Gasteiger partial charge in [0.2, 0.25) is 0 Å². The third-order valence-corrected chi connectivity index (χ3v) is 5.56. The minimum atomic E-state index is -3.73. The van der Waals surface area contributed by atoms with Crippen LogP contribution < -0.4 is 10.0 Å². The lowest BCUT2D eigenvalue weighted by Crippen LogP contribution is -2.32. The van der Waals surface area contributed by atoms with Gasteiger partial charge in [0.15, 0.2) is 0 Å². The Balaban J connectivity index is 0.00000364. The molecule has 0 saturated heterocycles. The predicted molar refractivity (Wildman–Crippen MR) is 111 cm³/mol. The number of benzene rings is 2. The minimum Gasteiger partial charge on any atom is -0.340 e. The molecule has 0 aliphatic rings. The van der Waals surface area contributed by atoms with Crippen LogP contribution in [-0.2, 0) is 10.0 Å². The molecular formula is C19H26ClN3O3S. The smallest absolute Gasteiger partial charge is 0.262 e. The zero-order chi connectivity index (χ0) is 19.3. The van der Waals surface area contributed by atoms with E-state index in [1.54, 1.807) is 55.3 Å². The highest BCUT2D eigenvalue weighted by Gasteiger charge is 2.18. The number of halogens is 1. The van der Waals surface area contributed by atoms with Gasteiger partial charge in [0, 0.05) is 31.4 Å². The number of rotatable bonds is 7. The molecule has 6 nitrogen and oxygen atoms in total. The molecular weight excluding hydrogens is 386 g/mol. The van der Waals surface area contributed by atoms with E-state index in [0.29, 0.717) is 29.9 Å². The highest BCUT2D eigenvalue weighted by Crippen LogP contribution is 2.21. The van der Waals surface area contributed by atoms with Crippen LogP contribution in [0.5, 0.6) is 0 Å². The summed E-state index contributed by atoms with van der Waals surface area (Å²) in [7, 11) is -0.193. The van der Waals surface area contributed by atoms with Gasteiger partial charge in [-0.1, -0.05) is 18.2 Å². The standard InChI is InChI=1S/C19H25N3O3S.ClH/c1-14-8-9-15(2)18(12-14)26(24,25)21-17-7-5-6-16(13-17)19(23)22(4)11-10-20-3;/h5-9,12-13,20-21H,10-11H2,1-4H3;1H. The molecule has 0 radical (unpaired) electrons. The number of carbonyl (C=O) groups is 1. The number of nitrogens with zero attached hydrogens (tertiary/aromatic N) is 1. The third-order valence-electron chi connectivity index (χ3n) is 4.04. The second-order valence-electron chi connectivity index (χ2n) is 6.29. The van der Waals surface area contributed by atoms with E-state index >= 15 is 0 Å². The first kappa shape index (κ1) is 23.0. The first-order valence-corrected chi connectivity index (χ1v) is 9.83. The number of aryl methyl sites for hydroxylation is 2. The normalized spacial score (nSPS) is 10.8. The molecule has 0 heterocycles. The van der Waals surface area contributed by atoms with Gasteiger partial charge in [-0.25, -0.2) is 8.42 Å². The summed E-state index contributed by atoms with van der Waals surface area (Å²) in [5.74, 6) is -0.159. The summed E-state index contributed by atoms with van der Waals surface area (Å²) in [6.45, 7) is 4.85. The maximum absolute atomic E-state index is 12.7. The van der Waals surface area contributed by atoms with Gasteiger partial charge in [-0.3, -0.25) is 9.52 Å². The number of amides is 1. The monoisotopic (exact) mass is 411 g/mol. The SMILES string of the molecule is CNCCN(C)C(=O)c1cccc(NS(=O)(=O)c2cc(C)ccc2C)c1.Cl. The number of likely N-dealkylation sites (N-methyl/N-ethyl adjacent to an activating group) is 2. The highest BCUT2D eigenvalue weighted by molar-refractivity contribution is 7.92. The summed E-state index contributed by atoms with van der Waals surface area (Å²) >= 11 is 0. The van der Waals surface area contributed by atoms with Crippen LogP contribution >= 0.6 is 12.4 Å². The molecule has 2 rings (SSSR count). The molecule has 0 bridgehead atoms. The molecule has 2 aromatic carbocycles. The lowest BCUT2D eigenvalue weighted by molar-refractivity contribution is 0.0797. The van der Waals surface area contributed by atoms with Crippen molar-refractivity contribution in [3.8, 4) is 0 Å². The molecule has 0 unspecified atom stereocenters. The Hall–Kier alpha value is -2.09. The molecule has 0 fully saturated rings. The summed E-state index contributed by atoms with van der Waals surface area (Å²) in [5.41, 5.74) is 2.33. The van der Waals surface area contributed by atoms with Crippen molar-refractivity contribution in [3.63, 3.8) is 0 Å². The first-order valence-electron chi connectivity index (χ1n) is 8.35. The van der Waals surface area contributed by atoms with E-state index in [9.17, 15) is 13.2 Å². The number of nitrogens with one attached hydrogen (secondary N) is 2. The van der Waals surface area contributed by atoms with Gasteiger partial charge in [0.05, 0.1) is 4.90 Å². The van der Waals surface area contributed by atoms with Crippen LogP contribution in [0.3, 0.4) is 0 Å². The van der Waals surface area contributed by atoms with E-state index < -0.39 is 10.0 Å². The van der Waals surface area contributed by atoms with Crippen LogP contribution in [0.15, 0.2) is 47.4 Å². The average molecular weight is 412 g/mol. The first-order chi connectivity index (χ1) is 12.2. The van der Waals surface area contributed by atoms with Crippen molar-refractivity contribution >= 4 is 34.0 Å².